The average Bonchev–Trinajstić information content (AvgIpc) is 2.59. The molecule has 1 aromatic heterocycles. The Balaban J connectivity index is 1.73. The third-order valence-electron chi connectivity index (χ3n) is 3.76. The first-order valence-electron chi connectivity index (χ1n) is 7.39. The number of pyridine rings is 1. The Morgan fingerprint density at radius 1 is 1.43 bits per heavy atom. The lowest BCUT2D eigenvalue weighted by Crippen LogP contribution is -2.36. The number of nitrogens with zero attached hydrogens (tertiary/aromatic N) is 2. The summed E-state index contributed by atoms with van der Waals surface area (Å²) in [4.78, 5) is 18.7. The van der Waals surface area contributed by atoms with Gasteiger partial charge in [-0.2, -0.15) is 0 Å². The zero-order valence-electron chi connectivity index (χ0n) is 12.8. The number of aryl methyl sites for hydroxylation is 1. The summed E-state index contributed by atoms with van der Waals surface area (Å²) in [5, 5.41) is 1.27. The number of benzene rings is 1. The monoisotopic (exact) mass is 348 g/mol. The zero-order valence-corrected chi connectivity index (χ0v) is 14.4. The van der Waals surface area contributed by atoms with E-state index in [1.807, 2.05) is 23.1 Å². The van der Waals surface area contributed by atoms with Gasteiger partial charge in [0.25, 0.3) is 0 Å². The van der Waals surface area contributed by atoms with Gasteiger partial charge in [-0.3, -0.25) is 4.79 Å². The molecule has 0 saturated heterocycles. The van der Waals surface area contributed by atoms with E-state index >= 15 is 0 Å². The van der Waals surface area contributed by atoms with Crippen LogP contribution >= 0.6 is 23.4 Å². The Morgan fingerprint density at radius 3 is 3.09 bits per heavy atom. The van der Waals surface area contributed by atoms with E-state index in [1.54, 1.807) is 25.4 Å². The number of aromatic nitrogens is 1. The lowest BCUT2D eigenvalue weighted by atomic mass is 10.0. The highest BCUT2D eigenvalue weighted by Crippen LogP contribution is 2.32. The molecule has 0 fully saturated rings. The largest absolute Gasteiger partial charge is 0.497 e. The standard InChI is InChI=1S/C17H17ClN2O2S/c1-22-13-6-7-15-12(10-13)4-3-9-20(15)16(21)11-23-17-14(18)5-2-8-19-17/h2,5-8,10H,3-4,9,11H2,1H3. The molecule has 3 rings (SSSR count). The van der Waals surface area contributed by atoms with Crippen molar-refractivity contribution in [3.8, 4) is 5.75 Å². The topological polar surface area (TPSA) is 42.4 Å². The van der Waals surface area contributed by atoms with E-state index in [0.717, 1.165) is 36.4 Å². The lowest BCUT2D eigenvalue weighted by Gasteiger charge is -2.29. The van der Waals surface area contributed by atoms with Crippen LogP contribution in [0.2, 0.25) is 5.02 Å². The number of halogens is 1. The SMILES string of the molecule is COc1ccc2c(c1)CCCN2C(=O)CSc1ncccc1Cl. The number of carbonyl (C=O) groups is 1. The number of methoxy groups -OCH3 is 1. The highest BCUT2D eigenvalue weighted by Gasteiger charge is 2.23. The van der Waals surface area contributed by atoms with Crippen LogP contribution in [0.15, 0.2) is 41.6 Å². The highest BCUT2D eigenvalue weighted by atomic mass is 35.5. The average molecular weight is 349 g/mol. The van der Waals surface area contributed by atoms with E-state index in [2.05, 4.69) is 4.98 Å². The van der Waals surface area contributed by atoms with Crippen LogP contribution < -0.4 is 9.64 Å². The molecule has 120 valence electrons. The van der Waals surface area contributed by atoms with Crippen LogP contribution in [0, 0.1) is 0 Å². The van der Waals surface area contributed by atoms with E-state index in [-0.39, 0.29) is 5.91 Å². The summed E-state index contributed by atoms with van der Waals surface area (Å²) in [6, 6.07) is 9.43. The minimum atomic E-state index is 0.0721. The second kappa shape index (κ2) is 7.23. The number of amides is 1. The second-order valence-corrected chi connectivity index (χ2v) is 6.59. The van der Waals surface area contributed by atoms with Crippen molar-refractivity contribution in [3.05, 3.63) is 47.1 Å². The minimum Gasteiger partial charge on any atom is -0.497 e. The van der Waals surface area contributed by atoms with Crippen LogP contribution in [-0.4, -0.2) is 30.3 Å². The summed E-state index contributed by atoms with van der Waals surface area (Å²) in [5.74, 6) is 1.22. The quantitative estimate of drug-likeness (QED) is 0.788. The van der Waals surface area contributed by atoms with Crippen molar-refractivity contribution in [1.29, 1.82) is 0 Å². The molecule has 2 aromatic rings. The van der Waals surface area contributed by atoms with Crippen molar-refractivity contribution in [2.24, 2.45) is 0 Å². The van der Waals surface area contributed by atoms with Gasteiger partial charge in [0.05, 0.1) is 17.9 Å². The van der Waals surface area contributed by atoms with Crippen molar-refractivity contribution >= 4 is 35.0 Å². The molecule has 0 atom stereocenters. The second-order valence-electron chi connectivity index (χ2n) is 5.22. The van der Waals surface area contributed by atoms with Crippen LogP contribution in [0.3, 0.4) is 0 Å². The fraction of sp³-hybridized carbons (Fsp3) is 0.294. The van der Waals surface area contributed by atoms with Crippen LogP contribution in [-0.2, 0) is 11.2 Å². The molecular weight excluding hydrogens is 332 g/mol. The van der Waals surface area contributed by atoms with Crippen LogP contribution in [0.1, 0.15) is 12.0 Å². The minimum absolute atomic E-state index is 0.0721. The number of rotatable bonds is 4. The van der Waals surface area contributed by atoms with E-state index in [9.17, 15) is 4.79 Å². The third kappa shape index (κ3) is 3.62. The molecule has 1 aliphatic heterocycles. The van der Waals surface area contributed by atoms with Crippen molar-refractivity contribution in [2.75, 3.05) is 24.3 Å². The number of thioether (sulfide) groups is 1. The fourth-order valence-corrected chi connectivity index (χ4v) is 3.69. The molecule has 0 radical (unpaired) electrons. The summed E-state index contributed by atoms with van der Waals surface area (Å²) in [6.45, 7) is 0.745. The molecule has 1 amide bonds. The Labute approximate surface area is 144 Å². The molecule has 1 aliphatic rings. The number of carbonyl (C=O) groups excluding carboxylic acids is 1. The first kappa shape index (κ1) is 16.1. The third-order valence-corrected chi connectivity index (χ3v) is 5.17. The van der Waals surface area contributed by atoms with Gasteiger partial charge in [-0.25, -0.2) is 4.98 Å². The van der Waals surface area contributed by atoms with Gasteiger partial charge >= 0.3 is 0 Å². The first-order chi connectivity index (χ1) is 11.2. The smallest absolute Gasteiger partial charge is 0.237 e. The van der Waals surface area contributed by atoms with Gasteiger partial charge in [0.1, 0.15) is 10.8 Å². The number of ether oxygens (including phenoxy) is 1. The van der Waals surface area contributed by atoms with Gasteiger partial charge < -0.3 is 9.64 Å². The molecule has 4 nitrogen and oxygen atoms in total. The van der Waals surface area contributed by atoms with Crippen LogP contribution in [0.5, 0.6) is 5.75 Å². The van der Waals surface area contributed by atoms with Gasteiger partial charge in [0.15, 0.2) is 0 Å². The van der Waals surface area contributed by atoms with Gasteiger partial charge in [-0.15, -0.1) is 0 Å². The van der Waals surface area contributed by atoms with Crippen molar-refractivity contribution in [1.82, 2.24) is 4.98 Å². The number of hydrogen-bond acceptors (Lipinski definition) is 4. The van der Waals surface area contributed by atoms with Crippen molar-refractivity contribution in [3.63, 3.8) is 0 Å². The van der Waals surface area contributed by atoms with Crippen molar-refractivity contribution in [2.45, 2.75) is 17.9 Å². The molecule has 2 heterocycles. The lowest BCUT2D eigenvalue weighted by molar-refractivity contribution is -0.116. The van der Waals surface area contributed by atoms with Gasteiger partial charge in [-0.1, -0.05) is 23.4 Å². The van der Waals surface area contributed by atoms with Gasteiger partial charge in [0, 0.05) is 18.4 Å². The summed E-state index contributed by atoms with van der Waals surface area (Å²) in [6.07, 6.45) is 3.61. The Kier molecular flexibility index (Phi) is 5.08. The Morgan fingerprint density at radius 2 is 2.30 bits per heavy atom. The molecule has 6 heteroatoms. The summed E-state index contributed by atoms with van der Waals surface area (Å²) < 4.78 is 5.26. The van der Waals surface area contributed by atoms with E-state index in [4.69, 9.17) is 16.3 Å². The maximum absolute atomic E-state index is 12.6. The summed E-state index contributed by atoms with van der Waals surface area (Å²) >= 11 is 7.46. The first-order valence-corrected chi connectivity index (χ1v) is 8.76. The molecule has 0 bridgehead atoms. The number of fused-ring (bicyclic) bond motifs is 1. The van der Waals surface area contributed by atoms with Gasteiger partial charge in [0.2, 0.25) is 5.91 Å². The highest BCUT2D eigenvalue weighted by molar-refractivity contribution is 8.00. The van der Waals surface area contributed by atoms with E-state index in [1.165, 1.54) is 11.8 Å². The molecule has 0 spiro atoms. The fourth-order valence-electron chi connectivity index (χ4n) is 2.64. The molecule has 0 unspecified atom stereocenters. The predicted molar refractivity (Wildman–Crippen MR) is 93.6 cm³/mol. The predicted octanol–water partition coefficient (Wildman–Crippen LogP) is 3.82. The zero-order chi connectivity index (χ0) is 16.2. The normalized spacial score (nSPS) is 13.6. The van der Waals surface area contributed by atoms with Crippen LogP contribution in [0.25, 0.3) is 0 Å². The van der Waals surface area contributed by atoms with Crippen molar-refractivity contribution < 1.29 is 9.53 Å². The summed E-state index contributed by atoms with van der Waals surface area (Å²) in [7, 11) is 1.65. The number of hydrogen-bond donors (Lipinski definition) is 0. The molecular formula is C17H17ClN2O2S. The molecule has 1 aromatic carbocycles. The van der Waals surface area contributed by atoms with E-state index < -0.39 is 0 Å². The van der Waals surface area contributed by atoms with Gasteiger partial charge in [-0.05, 0) is 48.7 Å². The van der Waals surface area contributed by atoms with Crippen LogP contribution in [0.4, 0.5) is 5.69 Å². The molecule has 0 saturated carbocycles. The summed E-state index contributed by atoms with van der Waals surface area (Å²) in [5.41, 5.74) is 2.14. The number of anilines is 1. The molecule has 0 aliphatic carbocycles. The Bertz CT molecular complexity index is 723. The maximum Gasteiger partial charge on any atom is 0.237 e. The Hall–Kier alpha value is -1.72. The van der Waals surface area contributed by atoms with E-state index in [0.29, 0.717) is 15.8 Å². The molecule has 0 N–H and O–H groups in total. The molecule has 23 heavy (non-hydrogen) atoms. The maximum atomic E-state index is 12.6.